The van der Waals surface area contributed by atoms with E-state index < -0.39 is 0 Å². The van der Waals surface area contributed by atoms with Crippen LogP contribution in [0.1, 0.15) is 5.56 Å². The second-order valence-corrected chi connectivity index (χ2v) is 6.84. The van der Waals surface area contributed by atoms with Crippen LogP contribution in [0.15, 0.2) is 71.8 Å². The number of benzene rings is 3. The van der Waals surface area contributed by atoms with Crippen molar-refractivity contribution in [3.05, 3.63) is 77.3 Å². The van der Waals surface area contributed by atoms with Gasteiger partial charge in [-0.1, -0.05) is 41.9 Å². The number of nitrogens with zero attached hydrogens (tertiary/aromatic N) is 3. The number of fused-ring (bicyclic) bond motifs is 1. The number of methoxy groups -OCH3 is 2. The molecule has 0 fully saturated rings. The Bertz CT molecular complexity index is 1210. The molecule has 30 heavy (non-hydrogen) atoms. The molecule has 0 unspecified atom stereocenters. The van der Waals surface area contributed by atoms with Gasteiger partial charge in [-0.05, 0) is 42.0 Å². The van der Waals surface area contributed by atoms with E-state index in [-0.39, 0.29) is 0 Å². The van der Waals surface area contributed by atoms with E-state index in [2.05, 4.69) is 20.5 Å². The first kappa shape index (κ1) is 19.7. The van der Waals surface area contributed by atoms with Gasteiger partial charge in [0.25, 0.3) is 0 Å². The molecule has 0 amide bonds. The van der Waals surface area contributed by atoms with Gasteiger partial charge in [-0.3, -0.25) is 0 Å². The standard InChI is InChI=1S/C23H19ClN4O2/c1-29-20-11-8-15(12-21(20)30-2)14-25-28-23-26-19-10-9-17(24)13-18(19)22(27-23)16-6-4-3-5-7-16/h3-14H,1-2H3,(H,26,27,28)/b25-14+. The van der Waals surface area contributed by atoms with Crippen LogP contribution in [0.3, 0.4) is 0 Å². The molecular formula is C23H19ClN4O2. The molecule has 150 valence electrons. The van der Waals surface area contributed by atoms with Crippen LogP contribution in [-0.2, 0) is 0 Å². The van der Waals surface area contributed by atoms with Crippen molar-refractivity contribution < 1.29 is 9.47 Å². The lowest BCUT2D eigenvalue weighted by atomic mass is 10.1. The maximum atomic E-state index is 6.20. The predicted octanol–water partition coefficient (Wildman–Crippen LogP) is 5.41. The van der Waals surface area contributed by atoms with Gasteiger partial charge < -0.3 is 9.47 Å². The lowest BCUT2D eigenvalue weighted by molar-refractivity contribution is 0.355. The van der Waals surface area contributed by atoms with Gasteiger partial charge in [0.15, 0.2) is 11.5 Å². The summed E-state index contributed by atoms with van der Waals surface area (Å²) < 4.78 is 10.6. The first-order valence-electron chi connectivity index (χ1n) is 9.22. The van der Waals surface area contributed by atoms with Crippen LogP contribution in [0, 0.1) is 0 Å². The molecular weight excluding hydrogens is 400 g/mol. The number of hydrogen-bond acceptors (Lipinski definition) is 6. The van der Waals surface area contributed by atoms with Gasteiger partial charge in [0, 0.05) is 16.0 Å². The van der Waals surface area contributed by atoms with Crippen molar-refractivity contribution >= 4 is 34.7 Å². The fourth-order valence-corrected chi connectivity index (χ4v) is 3.24. The summed E-state index contributed by atoms with van der Waals surface area (Å²) in [5.41, 5.74) is 6.29. The van der Waals surface area contributed by atoms with Crippen LogP contribution >= 0.6 is 11.6 Å². The Kier molecular flexibility index (Phi) is 5.77. The third kappa shape index (κ3) is 4.18. The lowest BCUT2D eigenvalue weighted by Gasteiger charge is -2.09. The van der Waals surface area contributed by atoms with E-state index in [0.29, 0.717) is 22.5 Å². The minimum Gasteiger partial charge on any atom is -0.493 e. The molecule has 0 saturated carbocycles. The number of halogens is 1. The van der Waals surface area contributed by atoms with Gasteiger partial charge in [-0.15, -0.1) is 0 Å². The highest BCUT2D eigenvalue weighted by Gasteiger charge is 2.10. The predicted molar refractivity (Wildman–Crippen MR) is 121 cm³/mol. The topological polar surface area (TPSA) is 68.6 Å². The quantitative estimate of drug-likeness (QED) is 0.335. The highest BCUT2D eigenvalue weighted by atomic mass is 35.5. The average molecular weight is 419 g/mol. The van der Waals surface area contributed by atoms with Crippen LogP contribution in [0.25, 0.3) is 22.2 Å². The molecule has 0 aliphatic rings. The summed E-state index contributed by atoms with van der Waals surface area (Å²) in [5.74, 6) is 1.68. The Morgan fingerprint density at radius 2 is 1.70 bits per heavy atom. The fraction of sp³-hybridized carbons (Fsp3) is 0.0870. The van der Waals surface area contributed by atoms with Crippen molar-refractivity contribution in [2.45, 2.75) is 0 Å². The van der Waals surface area contributed by atoms with E-state index in [1.807, 2.05) is 66.7 Å². The molecule has 0 spiro atoms. The zero-order chi connectivity index (χ0) is 20.9. The number of ether oxygens (including phenoxy) is 2. The monoisotopic (exact) mass is 418 g/mol. The molecule has 0 aliphatic carbocycles. The fourth-order valence-electron chi connectivity index (χ4n) is 3.06. The summed E-state index contributed by atoms with van der Waals surface area (Å²) in [6.45, 7) is 0. The Morgan fingerprint density at radius 3 is 2.47 bits per heavy atom. The lowest BCUT2D eigenvalue weighted by Crippen LogP contribution is -2.00. The van der Waals surface area contributed by atoms with Crippen LogP contribution in [0.2, 0.25) is 5.02 Å². The molecule has 1 heterocycles. The number of hydrogen-bond donors (Lipinski definition) is 1. The first-order valence-corrected chi connectivity index (χ1v) is 9.59. The highest BCUT2D eigenvalue weighted by Crippen LogP contribution is 2.29. The molecule has 0 radical (unpaired) electrons. The van der Waals surface area contributed by atoms with Gasteiger partial charge in [0.05, 0.1) is 31.6 Å². The van der Waals surface area contributed by atoms with Crippen LogP contribution in [-0.4, -0.2) is 30.4 Å². The maximum absolute atomic E-state index is 6.20. The van der Waals surface area contributed by atoms with Crippen molar-refractivity contribution in [1.82, 2.24) is 9.97 Å². The number of anilines is 1. The van der Waals surface area contributed by atoms with Crippen molar-refractivity contribution in [2.75, 3.05) is 19.6 Å². The van der Waals surface area contributed by atoms with Gasteiger partial charge in [0.2, 0.25) is 5.95 Å². The molecule has 1 N–H and O–H groups in total. The van der Waals surface area contributed by atoms with Crippen molar-refractivity contribution in [2.24, 2.45) is 5.10 Å². The highest BCUT2D eigenvalue weighted by molar-refractivity contribution is 6.31. The smallest absolute Gasteiger partial charge is 0.244 e. The Morgan fingerprint density at radius 1 is 0.900 bits per heavy atom. The molecule has 4 rings (SSSR count). The third-order valence-corrected chi connectivity index (χ3v) is 4.73. The zero-order valence-corrected chi connectivity index (χ0v) is 17.2. The van der Waals surface area contributed by atoms with Crippen LogP contribution in [0.5, 0.6) is 11.5 Å². The number of rotatable bonds is 6. The summed E-state index contributed by atoms with van der Waals surface area (Å²) in [7, 11) is 3.19. The second-order valence-electron chi connectivity index (χ2n) is 6.41. The Labute approximate surface area is 179 Å². The number of hydrazone groups is 1. The molecule has 7 heteroatoms. The van der Waals surface area contributed by atoms with E-state index in [4.69, 9.17) is 21.1 Å². The molecule has 3 aromatic carbocycles. The Hall–Kier alpha value is -3.64. The minimum absolute atomic E-state index is 0.389. The van der Waals surface area contributed by atoms with Crippen LogP contribution in [0.4, 0.5) is 5.95 Å². The Balaban J connectivity index is 1.67. The van der Waals surface area contributed by atoms with Crippen molar-refractivity contribution in [1.29, 1.82) is 0 Å². The molecule has 4 aromatic rings. The summed E-state index contributed by atoms with van der Waals surface area (Å²) in [6, 6.07) is 21.0. The summed E-state index contributed by atoms with van der Waals surface area (Å²) in [5, 5.41) is 5.79. The average Bonchev–Trinajstić information content (AvgIpc) is 2.79. The zero-order valence-electron chi connectivity index (χ0n) is 16.5. The number of nitrogens with one attached hydrogen (secondary N) is 1. The van der Waals surface area contributed by atoms with E-state index in [0.717, 1.165) is 27.7 Å². The summed E-state index contributed by atoms with van der Waals surface area (Å²) >= 11 is 6.20. The van der Waals surface area contributed by atoms with E-state index in [1.165, 1.54) is 0 Å². The van der Waals surface area contributed by atoms with Gasteiger partial charge in [-0.25, -0.2) is 15.4 Å². The van der Waals surface area contributed by atoms with Crippen LogP contribution < -0.4 is 14.9 Å². The van der Waals surface area contributed by atoms with Gasteiger partial charge >= 0.3 is 0 Å². The van der Waals surface area contributed by atoms with Crippen molar-refractivity contribution in [3.63, 3.8) is 0 Å². The molecule has 0 atom stereocenters. The molecule has 6 nitrogen and oxygen atoms in total. The SMILES string of the molecule is COc1ccc(/C=N/Nc2nc(-c3ccccc3)c3cc(Cl)ccc3n2)cc1OC. The van der Waals surface area contributed by atoms with E-state index in [9.17, 15) is 0 Å². The molecule has 0 saturated heterocycles. The van der Waals surface area contributed by atoms with Crippen molar-refractivity contribution in [3.8, 4) is 22.8 Å². The summed E-state index contributed by atoms with van der Waals surface area (Å²) in [4.78, 5) is 9.22. The van der Waals surface area contributed by atoms with Gasteiger partial charge in [0.1, 0.15) is 0 Å². The molecule has 1 aromatic heterocycles. The number of aromatic nitrogens is 2. The molecule has 0 bridgehead atoms. The third-order valence-electron chi connectivity index (χ3n) is 4.49. The van der Waals surface area contributed by atoms with Gasteiger partial charge in [-0.2, -0.15) is 5.10 Å². The largest absolute Gasteiger partial charge is 0.493 e. The van der Waals surface area contributed by atoms with E-state index >= 15 is 0 Å². The maximum Gasteiger partial charge on any atom is 0.244 e. The molecule has 0 aliphatic heterocycles. The second kappa shape index (κ2) is 8.80. The van der Waals surface area contributed by atoms with E-state index in [1.54, 1.807) is 20.4 Å². The minimum atomic E-state index is 0.389. The first-order chi connectivity index (χ1) is 14.7. The normalized spacial score (nSPS) is 11.0. The summed E-state index contributed by atoms with van der Waals surface area (Å²) in [6.07, 6.45) is 1.67.